The Morgan fingerprint density at radius 2 is 1.81 bits per heavy atom. The molecule has 9 nitrogen and oxygen atoms in total. The summed E-state index contributed by atoms with van der Waals surface area (Å²) in [6, 6.07) is 4.63. The van der Waals surface area contributed by atoms with Gasteiger partial charge in [0.25, 0.3) is 0 Å². The molecule has 4 fully saturated rings. The van der Waals surface area contributed by atoms with Crippen LogP contribution in [0.15, 0.2) is 30.7 Å². The van der Waals surface area contributed by atoms with Crippen LogP contribution >= 0.6 is 0 Å². The number of ether oxygens (including phenoxy) is 1. The molecule has 5 heterocycles. The molecule has 1 atom stereocenters. The summed E-state index contributed by atoms with van der Waals surface area (Å²) in [6.45, 7) is 5.81. The largest absolute Gasteiger partial charge is 0.378 e. The van der Waals surface area contributed by atoms with Gasteiger partial charge < -0.3 is 25.2 Å². The molecule has 0 bridgehead atoms. The Morgan fingerprint density at radius 3 is 2.50 bits per heavy atom. The van der Waals surface area contributed by atoms with Gasteiger partial charge in [-0.05, 0) is 62.6 Å². The van der Waals surface area contributed by atoms with E-state index in [0.717, 1.165) is 68.7 Å². The molecule has 3 aliphatic heterocycles. The average Bonchev–Trinajstić information content (AvgIpc) is 3.39. The van der Waals surface area contributed by atoms with Gasteiger partial charge in [0.05, 0.1) is 25.6 Å². The molecule has 0 spiro atoms. The number of amides is 1. The van der Waals surface area contributed by atoms with Crippen molar-refractivity contribution < 1.29 is 9.53 Å². The molecule has 6 rings (SSSR count). The third-order valence-corrected chi connectivity index (χ3v) is 8.39. The number of nitrogens with one attached hydrogen (secondary N) is 2. The van der Waals surface area contributed by atoms with E-state index in [4.69, 9.17) is 9.72 Å². The van der Waals surface area contributed by atoms with E-state index >= 15 is 0 Å². The molecular weight excluding hydrogens is 454 g/mol. The van der Waals surface area contributed by atoms with Crippen LogP contribution < -0.4 is 20.4 Å². The Morgan fingerprint density at radius 1 is 0.972 bits per heavy atom. The van der Waals surface area contributed by atoms with Crippen molar-refractivity contribution >= 4 is 23.4 Å². The van der Waals surface area contributed by atoms with Gasteiger partial charge in [0, 0.05) is 38.4 Å². The van der Waals surface area contributed by atoms with Gasteiger partial charge in [-0.2, -0.15) is 0 Å². The smallest absolute Gasteiger partial charge is 0.241 e. The zero-order valence-electron chi connectivity index (χ0n) is 21.0. The van der Waals surface area contributed by atoms with Gasteiger partial charge in [-0.3, -0.25) is 9.78 Å². The highest BCUT2D eigenvalue weighted by molar-refractivity contribution is 5.99. The molecule has 4 aliphatic rings. The topological polar surface area (TPSA) is 95.5 Å². The first-order chi connectivity index (χ1) is 17.7. The number of pyridine rings is 1. The molecule has 2 aromatic heterocycles. The molecule has 1 saturated carbocycles. The minimum Gasteiger partial charge on any atom is -0.378 e. The molecule has 0 aromatic carbocycles. The number of rotatable bonds is 8. The maximum atomic E-state index is 13.4. The summed E-state index contributed by atoms with van der Waals surface area (Å²) in [4.78, 5) is 31.7. The van der Waals surface area contributed by atoms with Crippen LogP contribution in [0.4, 0.5) is 17.5 Å². The number of hydrogen-bond acceptors (Lipinski definition) is 8. The van der Waals surface area contributed by atoms with Crippen LogP contribution in [0.3, 0.4) is 0 Å². The molecule has 1 amide bonds. The molecule has 2 N–H and O–H groups in total. The van der Waals surface area contributed by atoms with Gasteiger partial charge in [-0.15, -0.1) is 0 Å². The Labute approximate surface area is 213 Å². The third-order valence-electron chi connectivity index (χ3n) is 8.39. The maximum absolute atomic E-state index is 13.4. The Balaban J connectivity index is 1.10. The van der Waals surface area contributed by atoms with E-state index < -0.39 is 5.41 Å². The van der Waals surface area contributed by atoms with Gasteiger partial charge in [0.1, 0.15) is 17.1 Å². The molecule has 0 unspecified atom stereocenters. The zero-order chi connectivity index (χ0) is 24.4. The Hall–Kier alpha value is -2.78. The summed E-state index contributed by atoms with van der Waals surface area (Å²) >= 11 is 0. The Bertz CT molecular complexity index is 1050. The van der Waals surface area contributed by atoms with Crippen molar-refractivity contribution in [3.8, 4) is 0 Å². The fraction of sp³-hybridized carbons (Fsp3) is 0.630. The number of nitrogens with zero attached hydrogens (tertiary/aromatic N) is 5. The molecule has 36 heavy (non-hydrogen) atoms. The molecule has 192 valence electrons. The number of aromatic nitrogens is 3. The first-order valence-electron chi connectivity index (χ1n) is 13.6. The molecular formula is C27H37N7O2. The summed E-state index contributed by atoms with van der Waals surface area (Å²) in [5.74, 6) is 3.04. The molecule has 9 heteroatoms. The van der Waals surface area contributed by atoms with Gasteiger partial charge in [0.2, 0.25) is 5.91 Å². The van der Waals surface area contributed by atoms with E-state index in [1.165, 1.54) is 32.1 Å². The number of hydrogen-bond donors (Lipinski definition) is 2. The van der Waals surface area contributed by atoms with Crippen LogP contribution in [0.25, 0.3) is 0 Å². The van der Waals surface area contributed by atoms with Crippen molar-refractivity contribution in [1.82, 2.24) is 20.3 Å². The van der Waals surface area contributed by atoms with Crippen molar-refractivity contribution in [3.05, 3.63) is 36.3 Å². The second kappa shape index (κ2) is 10.3. The van der Waals surface area contributed by atoms with Crippen molar-refractivity contribution in [2.45, 2.75) is 56.4 Å². The second-order valence-corrected chi connectivity index (χ2v) is 10.9. The fourth-order valence-corrected chi connectivity index (χ4v) is 5.72. The number of carbonyl (C=O) groups is 1. The minimum absolute atomic E-state index is 0.116. The van der Waals surface area contributed by atoms with E-state index in [0.29, 0.717) is 25.1 Å². The van der Waals surface area contributed by atoms with Crippen LogP contribution in [0.2, 0.25) is 0 Å². The fourth-order valence-electron chi connectivity index (χ4n) is 5.72. The van der Waals surface area contributed by atoms with Crippen molar-refractivity contribution in [1.29, 1.82) is 0 Å². The van der Waals surface area contributed by atoms with Gasteiger partial charge in [-0.1, -0.05) is 12.5 Å². The van der Waals surface area contributed by atoms with Gasteiger partial charge in [-0.25, -0.2) is 9.97 Å². The SMILES string of the molecule is O=C(Nc1cncc(N2CCCC2)n1)C1(c2ccc(N3CCC[C@@H](NCC4CCC4)C3)nc2)COC1. The first-order valence-corrected chi connectivity index (χ1v) is 13.6. The summed E-state index contributed by atoms with van der Waals surface area (Å²) in [5.41, 5.74) is 0.140. The normalized spacial score (nSPS) is 23.7. The highest BCUT2D eigenvalue weighted by Gasteiger charge is 2.48. The van der Waals surface area contributed by atoms with Gasteiger partial charge >= 0.3 is 0 Å². The van der Waals surface area contributed by atoms with Crippen molar-refractivity contribution in [3.63, 3.8) is 0 Å². The van der Waals surface area contributed by atoms with Crippen LogP contribution in [0.5, 0.6) is 0 Å². The summed E-state index contributed by atoms with van der Waals surface area (Å²) in [6.07, 6.45) is 14.1. The quantitative estimate of drug-likeness (QED) is 0.582. The van der Waals surface area contributed by atoms with E-state index in [1.54, 1.807) is 12.4 Å². The highest BCUT2D eigenvalue weighted by atomic mass is 16.5. The Kier molecular flexibility index (Phi) is 6.75. The first kappa shape index (κ1) is 23.6. The lowest BCUT2D eigenvalue weighted by molar-refractivity contribution is -0.139. The average molecular weight is 492 g/mol. The maximum Gasteiger partial charge on any atom is 0.241 e. The molecule has 1 aliphatic carbocycles. The predicted molar refractivity (Wildman–Crippen MR) is 139 cm³/mol. The lowest BCUT2D eigenvalue weighted by Gasteiger charge is -2.40. The molecule has 3 saturated heterocycles. The molecule has 0 radical (unpaired) electrons. The van der Waals surface area contributed by atoms with Crippen molar-refractivity contribution in [2.75, 3.05) is 61.1 Å². The van der Waals surface area contributed by atoms with Gasteiger partial charge in [0.15, 0.2) is 5.82 Å². The monoisotopic (exact) mass is 491 g/mol. The number of piperidine rings is 1. The van der Waals surface area contributed by atoms with E-state index in [-0.39, 0.29) is 5.91 Å². The minimum atomic E-state index is -0.744. The number of carbonyl (C=O) groups excluding carboxylic acids is 1. The van der Waals surface area contributed by atoms with E-state index in [1.807, 2.05) is 12.3 Å². The lowest BCUT2D eigenvalue weighted by Crippen LogP contribution is -2.55. The molecule has 2 aromatic rings. The highest BCUT2D eigenvalue weighted by Crippen LogP contribution is 2.34. The number of anilines is 3. The van der Waals surface area contributed by atoms with Crippen LogP contribution in [0.1, 0.15) is 50.5 Å². The predicted octanol–water partition coefficient (Wildman–Crippen LogP) is 2.74. The van der Waals surface area contributed by atoms with Crippen LogP contribution in [0, 0.1) is 5.92 Å². The second-order valence-electron chi connectivity index (χ2n) is 10.9. The zero-order valence-corrected chi connectivity index (χ0v) is 21.0. The lowest BCUT2D eigenvalue weighted by atomic mass is 9.78. The summed E-state index contributed by atoms with van der Waals surface area (Å²) in [5, 5.41) is 6.78. The van der Waals surface area contributed by atoms with E-state index in [2.05, 4.69) is 36.5 Å². The van der Waals surface area contributed by atoms with E-state index in [9.17, 15) is 4.79 Å². The summed E-state index contributed by atoms with van der Waals surface area (Å²) in [7, 11) is 0. The summed E-state index contributed by atoms with van der Waals surface area (Å²) < 4.78 is 5.53. The van der Waals surface area contributed by atoms with Crippen LogP contribution in [-0.2, 0) is 14.9 Å². The van der Waals surface area contributed by atoms with Crippen molar-refractivity contribution in [2.24, 2.45) is 5.92 Å². The van der Waals surface area contributed by atoms with Crippen LogP contribution in [-0.4, -0.2) is 72.8 Å². The standard InChI is InChI=1S/C27H37N7O2/c35-26(32-23-15-28-16-25(31-23)33-10-1-2-11-33)27(18-36-19-27)21-8-9-24(30-14-21)34-12-4-7-22(17-34)29-13-20-5-3-6-20/h8-9,14-16,20,22,29H,1-7,10-13,17-19H2,(H,31,32,35)/t22-/m1/s1. The third kappa shape index (κ3) is 4.78.